The number of carbonyl (C=O) groups excluding carboxylic acids is 2. The molecule has 0 fully saturated rings. The number of hydrogen-bond acceptors (Lipinski definition) is 4. The fourth-order valence-electron chi connectivity index (χ4n) is 0.890. The van der Waals surface area contributed by atoms with Gasteiger partial charge in [-0.05, 0) is 24.6 Å². The van der Waals surface area contributed by atoms with Crippen LogP contribution in [0.25, 0.3) is 0 Å². The van der Waals surface area contributed by atoms with Crippen LogP contribution in [-0.4, -0.2) is 63.4 Å². The Kier molecular flexibility index (Phi) is 10.2. The van der Waals surface area contributed by atoms with Crippen LogP contribution in [0.1, 0.15) is 5.56 Å². The number of aryl methyl sites for hydroxylation is 1. The number of hydrogen-bond donors (Lipinski definition) is 0. The van der Waals surface area contributed by atoms with Gasteiger partial charge in [0, 0.05) is 51.2 Å². The van der Waals surface area contributed by atoms with Crippen LogP contribution in [0.3, 0.4) is 0 Å². The number of benzene rings is 1. The van der Waals surface area contributed by atoms with E-state index in [1.54, 1.807) is 19.1 Å². The smallest absolute Gasteiger partial charge is 0.211 e. The largest absolute Gasteiger partial charge is 0.240 e. The predicted molar refractivity (Wildman–Crippen MR) is 58.3 cm³/mol. The first kappa shape index (κ1) is 17.1. The molecule has 4 nitrogen and oxygen atoms in total. The van der Waals surface area contributed by atoms with Crippen molar-refractivity contribution in [3.63, 3.8) is 0 Å². The van der Waals surface area contributed by atoms with Crippen molar-refractivity contribution in [2.75, 3.05) is 0 Å². The van der Waals surface area contributed by atoms with Crippen LogP contribution in [0.2, 0.25) is 0 Å². The molecule has 1 aromatic carbocycles. The summed E-state index contributed by atoms with van der Waals surface area (Å²) in [6, 6.07) is 4.88. The number of nitrogens with zero attached hydrogens (tertiary/aromatic N) is 2. The van der Waals surface area contributed by atoms with Crippen molar-refractivity contribution in [2.24, 2.45) is 9.98 Å². The fourth-order valence-corrected chi connectivity index (χ4v) is 0.890. The fraction of sp³-hybridized carbons (Fsp3) is 0.111. The zero-order valence-electron chi connectivity index (χ0n) is 7.94. The van der Waals surface area contributed by atoms with Gasteiger partial charge in [0.2, 0.25) is 12.2 Å². The first-order valence-electron chi connectivity index (χ1n) is 3.54. The van der Waals surface area contributed by atoms with Gasteiger partial charge in [-0.15, -0.1) is 0 Å². The summed E-state index contributed by atoms with van der Waals surface area (Å²) in [6.07, 6.45) is 2.84. The molecule has 6 heteroatoms. The minimum Gasteiger partial charge on any atom is -0.211 e. The second kappa shape index (κ2) is 8.97. The van der Waals surface area contributed by atoms with E-state index in [1.165, 1.54) is 18.2 Å². The molecular weight excluding hydrogens is 494 g/mol. The van der Waals surface area contributed by atoms with Crippen molar-refractivity contribution in [3.8, 4) is 0 Å². The summed E-state index contributed by atoms with van der Waals surface area (Å²) in [5.74, 6) is 0. The molecule has 0 heterocycles. The van der Waals surface area contributed by atoms with Gasteiger partial charge in [0.25, 0.3) is 0 Å². The summed E-state index contributed by atoms with van der Waals surface area (Å²) in [5, 5.41) is 0. The summed E-state index contributed by atoms with van der Waals surface area (Å²) in [6.45, 7) is 1.80. The van der Waals surface area contributed by atoms with Gasteiger partial charge >= 0.3 is 0 Å². The first-order valence-corrected chi connectivity index (χ1v) is 3.54. The van der Waals surface area contributed by atoms with E-state index in [2.05, 4.69) is 9.98 Å². The summed E-state index contributed by atoms with van der Waals surface area (Å²) in [5.41, 5.74) is 1.72. The zero-order chi connectivity index (χ0) is 9.68. The van der Waals surface area contributed by atoms with E-state index in [9.17, 15) is 9.59 Å². The van der Waals surface area contributed by atoms with Crippen LogP contribution in [-0.2, 0) is 9.59 Å². The van der Waals surface area contributed by atoms with Crippen molar-refractivity contribution in [3.05, 3.63) is 23.8 Å². The minimum atomic E-state index is 0. The van der Waals surface area contributed by atoms with E-state index in [1.807, 2.05) is 0 Å². The van der Waals surface area contributed by atoms with Crippen molar-refractivity contribution in [2.45, 2.75) is 6.92 Å². The van der Waals surface area contributed by atoms with Gasteiger partial charge in [-0.2, -0.15) is 9.98 Å². The molecule has 72 valence electrons. The molecule has 0 spiro atoms. The average Bonchev–Trinajstić information content (AvgIpc) is 2.12. The molecule has 1 rings (SSSR count). The topological polar surface area (TPSA) is 58.9 Å². The van der Waals surface area contributed by atoms with Crippen LogP contribution in [0.4, 0.5) is 11.4 Å². The maximum absolute atomic E-state index is 10.00. The van der Waals surface area contributed by atoms with Gasteiger partial charge in [0.15, 0.2) is 0 Å². The Labute approximate surface area is 124 Å². The van der Waals surface area contributed by atoms with E-state index in [0.717, 1.165) is 5.56 Å². The third kappa shape index (κ3) is 5.36. The van der Waals surface area contributed by atoms with Crippen molar-refractivity contribution < 1.29 is 9.59 Å². The minimum absolute atomic E-state index is 0. The molecule has 0 aliphatic carbocycles. The van der Waals surface area contributed by atoms with Crippen LogP contribution in [0.5, 0.6) is 0 Å². The normalized spacial score (nSPS) is 7.27. The van der Waals surface area contributed by atoms with Crippen LogP contribution >= 0.6 is 0 Å². The summed E-state index contributed by atoms with van der Waals surface area (Å²) < 4.78 is 0. The van der Waals surface area contributed by atoms with Crippen molar-refractivity contribution >= 4 is 74.7 Å². The Morgan fingerprint density at radius 2 is 1.73 bits per heavy atom. The standard InChI is InChI=1S/C9H6N2O2.Pb.Sn/c1-7-2-3-8(10-5-12)4-9(7)11-6-13;;/h2-4H,1H3;;. The molecule has 0 aromatic heterocycles. The molecule has 0 bridgehead atoms. The third-order valence-corrected chi connectivity index (χ3v) is 1.53. The van der Waals surface area contributed by atoms with Gasteiger partial charge in [-0.25, -0.2) is 9.59 Å². The molecule has 0 aliphatic rings. The Morgan fingerprint density at radius 3 is 2.27 bits per heavy atom. The Balaban J connectivity index is 0. The van der Waals surface area contributed by atoms with Gasteiger partial charge in [-0.3, -0.25) is 0 Å². The number of rotatable bonds is 2. The van der Waals surface area contributed by atoms with E-state index in [-0.39, 0.29) is 51.2 Å². The summed E-state index contributed by atoms with van der Waals surface area (Å²) in [7, 11) is 0. The van der Waals surface area contributed by atoms with E-state index in [0.29, 0.717) is 11.4 Å². The molecule has 8 radical (unpaired) electrons. The second-order valence-electron chi connectivity index (χ2n) is 2.38. The third-order valence-electron chi connectivity index (χ3n) is 1.53. The monoisotopic (exact) mass is 502 g/mol. The maximum atomic E-state index is 10.00. The Morgan fingerprint density at radius 1 is 1.13 bits per heavy atom. The summed E-state index contributed by atoms with van der Waals surface area (Å²) in [4.78, 5) is 26.8. The van der Waals surface area contributed by atoms with Crippen LogP contribution in [0.15, 0.2) is 28.2 Å². The maximum Gasteiger partial charge on any atom is 0.240 e. The van der Waals surface area contributed by atoms with Gasteiger partial charge in [0.05, 0.1) is 11.4 Å². The van der Waals surface area contributed by atoms with Crippen molar-refractivity contribution in [1.29, 1.82) is 0 Å². The Hall–Kier alpha value is -0.299. The SMILES string of the molecule is Cc1ccc(N=C=O)cc1N=C=O.[Pb].[Sn]. The van der Waals surface area contributed by atoms with Crippen LogP contribution in [0, 0.1) is 6.92 Å². The molecular formula is C9H6N2O2PbSn. The molecule has 0 N–H and O–H groups in total. The molecule has 0 amide bonds. The molecule has 15 heavy (non-hydrogen) atoms. The first-order chi connectivity index (χ1) is 6.27. The van der Waals surface area contributed by atoms with Crippen LogP contribution < -0.4 is 0 Å². The zero-order valence-corrected chi connectivity index (χ0v) is 14.7. The molecule has 0 atom stereocenters. The van der Waals surface area contributed by atoms with Gasteiger partial charge < -0.3 is 0 Å². The molecule has 1 aromatic rings. The molecule has 0 saturated carbocycles. The number of isocyanates is 2. The van der Waals surface area contributed by atoms with E-state index < -0.39 is 0 Å². The molecule has 0 aliphatic heterocycles. The van der Waals surface area contributed by atoms with E-state index in [4.69, 9.17) is 0 Å². The Bertz CT molecular complexity index is 424. The average molecular weight is 500 g/mol. The number of aliphatic imine (C=N–C) groups is 2. The predicted octanol–water partition coefficient (Wildman–Crippen LogP) is 1.17. The second-order valence-corrected chi connectivity index (χ2v) is 2.38. The summed E-state index contributed by atoms with van der Waals surface area (Å²) >= 11 is 0. The van der Waals surface area contributed by atoms with E-state index >= 15 is 0 Å². The molecule has 0 unspecified atom stereocenters. The van der Waals surface area contributed by atoms with Gasteiger partial charge in [0.1, 0.15) is 0 Å². The van der Waals surface area contributed by atoms with Crippen molar-refractivity contribution in [1.82, 2.24) is 0 Å². The van der Waals surface area contributed by atoms with Gasteiger partial charge in [-0.1, -0.05) is 6.07 Å². The molecule has 0 saturated heterocycles. The quantitative estimate of drug-likeness (QED) is 0.348.